The lowest BCUT2D eigenvalue weighted by Gasteiger charge is -2.19. The number of methoxy groups -OCH3 is 1. The van der Waals surface area contributed by atoms with Crippen LogP contribution in [0.5, 0.6) is 11.5 Å². The van der Waals surface area contributed by atoms with Gasteiger partial charge in [0.25, 0.3) is 0 Å². The molecule has 1 atom stereocenters. The van der Waals surface area contributed by atoms with Gasteiger partial charge in [-0.15, -0.1) is 0 Å². The third kappa shape index (κ3) is 5.18. The minimum atomic E-state index is -0.473. The van der Waals surface area contributed by atoms with Crippen LogP contribution in [0, 0.1) is 17.2 Å². The molecule has 1 saturated heterocycles. The van der Waals surface area contributed by atoms with E-state index in [4.69, 9.17) is 14.7 Å². The van der Waals surface area contributed by atoms with E-state index < -0.39 is 5.92 Å². The summed E-state index contributed by atoms with van der Waals surface area (Å²) in [7, 11) is 1.56. The summed E-state index contributed by atoms with van der Waals surface area (Å²) in [6, 6.07) is 24.2. The number of para-hydroxylation sites is 3. The molecule has 0 bridgehead atoms. The summed E-state index contributed by atoms with van der Waals surface area (Å²) in [5.41, 5.74) is 3.07. The molecule has 7 heteroatoms. The molecule has 1 aliphatic heterocycles. The van der Waals surface area contributed by atoms with Gasteiger partial charge in [0.05, 0.1) is 31.2 Å². The first-order chi connectivity index (χ1) is 16.6. The van der Waals surface area contributed by atoms with Gasteiger partial charge < -0.3 is 19.7 Å². The Morgan fingerprint density at radius 2 is 1.82 bits per heavy atom. The molecule has 1 aliphatic rings. The molecule has 1 unspecified atom stereocenters. The number of ether oxygens (including phenoxy) is 2. The Labute approximate surface area is 198 Å². The summed E-state index contributed by atoms with van der Waals surface area (Å²) in [5.74, 6) is 0.482. The molecular formula is C27H25N3O4. The zero-order valence-corrected chi connectivity index (χ0v) is 18.9. The predicted octanol–water partition coefficient (Wildman–Crippen LogP) is 4.33. The Kier molecular flexibility index (Phi) is 7.09. The lowest BCUT2D eigenvalue weighted by Crippen LogP contribution is -2.28. The number of nitrogens with zero attached hydrogens (tertiary/aromatic N) is 2. The van der Waals surface area contributed by atoms with Crippen LogP contribution in [0.3, 0.4) is 0 Å². The maximum atomic E-state index is 13.0. The van der Waals surface area contributed by atoms with Crippen molar-refractivity contribution in [3.05, 3.63) is 83.9 Å². The summed E-state index contributed by atoms with van der Waals surface area (Å²) in [6.07, 6.45) is 0.491. The summed E-state index contributed by atoms with van der Waals surface area (Å²) in [6.45, 7) is 0.559. The molecule has 0 spiro atoms. The third-order valence-electron chi connectivity index (χ3n) is 5.75. The number of carbonyl (C=O) groups excluding carboxylic acids is 2. The molecule has 3 aromatic rings. The standard InChI is InChI=1S/C27H25N3O4/c1-33-25-9-5-4-8-24(25)30-17-21(16-26(30)31)27(32)29-23-7-3-2-6-20(23)18-34-22-12-10-19(11-13-22)14-15-28/h2-13,21H,14,16-18H2,1H3,(H,29,32). The topological polar surface area (TPSA) is 91.7 Å². The summed E-state index contributed by atoms with van der Waals surface area (Å²) in [4.78, 5) is 27.3. The number of benzene rings is 3. The number of rotatable bonds is 8. The Hall–Kier alpha value is -4.31. The van der Waals surface area contributed by atoms with Gasteiger partial charge >= 0.3 is 0 Å². The van der Waals surface area contributed by atoms with Crippen molar-refractivity contribution in [3.63, 3.8) is 0 Å². The second kappa shape index (κ2) is 10.5. The van der Waals surface area contributed by atoms with Crippen molar-refractivity contribution in [2.45, 2.75) is 19.4 Å². The normalized spacial score (nSPS) is 15.0. The SMILES string of the molecule is COc1ccccc1N1CC(C(=O)Nc2ccccc2COc2ccc(CC#N)cc2)CC1=O. The number of anilines is 2. The second-order valence-corrected chi connectivity index (χ2v) is 7.99. The quantitative estimate of drug-likeness (QED) is 0.546. The molecule has 172 valence electrons. The minimum absolute atomic E-state index is 0.110. The smallest absolute Gasteiger partial charge is 0.229 e. The Balaban J connectivity index is 1.41. The molecule has 0 saturated carbocycles. The molecule has 1 heterocycles. The van der Waals surface area contributed by atoms with E-state index in [0.717, 1.165) is 11.1 Å². The van der Waals surface area contributed by atoms with E-state index in [2.05, 4.69) is 11.4 Å². The number of carbonyl (C=O) groups is 2. The molecule has 1 N–H and O–H groups in total. The molecule has 4 rings (SSSR count). The third-order valence-corrected chi connectivity index (χ3v) is 5.75. The van der Waals surface area contributed by atoms with E-state index in [-0.39, 0.29) is 24.8 Å². The van der Waals surface area contributed by atoms with Crippen molar-refractivity contribution in [2.24, 2.45) is 5.92 Å². The van der Waals surface area contributed by atoms with E-state index in [1.807, 2.05) is 66.7 Å². The van der Waals surface area contributed by atoms with Crippen LogP contribution in [0.1, 0.15) is 17.5 Å². The first-order valence-electron chi connectivity index (χ1n) is 11.0. The second-order valence-electron chi connectivity index (χ2n) is 7.99. The first kappa shape index (κ1) is 22.9. The fourth-order valence-corrected chi connectivity index (χ4v) is 3.93. The van der Waals surface area contributed by atoms with Gasteiger partial charge in [-0.2, -0.15) is 5.26 Å². The van der Waals surface area contributed by atoms with Crippen LogP contribution in [0.4, 0.5) is 11.4 Å². The van der Waals surface area contributed by atoms with Gasteiger partial charge in [-0.25, -0.2) is 0 Å². The highest BCUT2D eigenvalue weighted by Gasteiger charge is 2.36. The van der Waals surface area contributed by atoms with Crippen LogP contribution >= 0.6 is 0 Å². The van der Waals surface area contributed by atoms with Crippen molar-refractivity contribution in [1.82, 2.24) is 0 Å². The Morgan fingerprint density at radius 3 is 2.59 bits per heavy atom. The van der Waals surface area contributed by atoms with E-state index in [9.17, 15) is 9.59 Å². The monoisotopic (exact) mass is 455 g/mol. The molecule has 3 aromatic carbocycles. The van der Waals surface area contributed by atoms with Gasteiger partial charge in [0.1, 0.15) is 18.1 Å². The fourth-order valence-electron chi connectivity index (χ4n) is 3.93. The average Bonchev–Trinajstić information content (AvgIpc) is 3.26. The van der Waals surface area contributed by atoms with Gasteiger partial charge in [-0.1, -0.05) is 42.5 Å². The maximum absolute atomic E-state index is 13.0. The maximum Gasteiger partial charge on any atom is 0.229 e. The molecule has 34 heavy (non-hydrogen) atoms. The fraction of sp³-hybridized carbons (Fsp3) is 0.222. The van der Waals surface area contributed by atoms with E-state index in [1.54, 1.807) is 18.1 Å². The minimum Gasteiger partial charge on any atom is -0.495 e. The van der Waals surface area contributed by atoms with Crippen molar-refractivity contribution in [1.29, 1.82) is 5.26 Å². The van der Waals surface area contributed by atoms with Gasteiger partial charge in [-0.05, 0) is 35.9 Å². The highest BCUT2D eigenvalue weighted by Crippen LogP contribution is 2.33. The zero-order chi connectivity index (χ0) is 23.9. The van der Waals surface area contributed by atoms with Crippen LogP contribution in [0.25, 0.3) is 0 Å². The molecule has 2 amide bonds. The number of amides is 2. The van der Waals surface area contributed by atoms with Crippen molar-refractivity contribution in [2.75, 3.05) is 23.9 Å². The van der Waals surface area contributed by atoms with Crippen LogP contribution in [-0.2, 0) is 22.6 Å². The number of hydrogen-bond acceptors (Lipinski definition) is 5. The lowest BCUT2D eigenvalue weighted by atomic mass is 10.1. The van der Waals surface area contributed by atoms with Crippen molar-refractivity contribution in [3.8, 4) is 17.6 Å². The number of nitrogens with one attached hydrogen (secondary N) is 1. The molecule has 0 aliphatic carbocycles. The zero-order valence-electron chi connectivity index (χ0n) is 18.9. The van der Waals surface area contributed by atoms with Gasteiger partial charge in [0, 0.05) is 24.2 Å². The highest BCUT2D eigenvalue weighted by molar-refractivity contribution is 6.04. The number of hydrogen-bond donors (Lipinski definition) is 1. The van der Waals surface area contributed by atoms with Crippen LogP contribution in [0.2, 0.25) is 0 Å². The van der Waals surface area contributed by atoms with Gasteiger partial charge in [0.15, 0.2) is 0 Å². The average molecular weight is 456 g/mol. The Morgan fingerprint density at radius 1 is 1.09 bits per heavy atom. The molecule has 0 radical (unpaired) electrons. The summed E-state index contributed by atoms with van der Waals surface area (Å²) >= 11 is 0. The highest BCUT2D eigenvalue weighted by atomic mass is 16.5. The predicted molar refractivity (Wildman–Crippen MR) is 129 cm³/mol. The largest absolute Gasteiger partial charge is 0.495 e. The van der Waals surface area contributed by atoms with E-state index in [0.29, 0.717) is 35.8 Å². The molecular weight excluding hydrogens is 430 g/mol. The van der Waals surface area contributed by atoms with Crippen molar-refractivity contribution >= 4 is 23.2 Å². The summed E-state index contributed by atoms with van der Waals surface area (Å²) in [5, 5.41) is 11.8. The summed E-state index contributed by atoms with van der Waals surface area (Å²) < 4.78 is 11.3. The lowest BCUT2D eigenvalue weighted by molar-refractivity contribution is -0.122. The molecule has 0 aromatic heterocycles. The Bertz CT molecular complexity index is 1220. The van der Waals surface area contributed by atoms with Gasteiger partial charge in [-0.3, -0.25) is 9.59 Å². The van der Waals surface area contributed by atoms with Crippen LogP contribution in [0.15, 0.2) is 72.8 Å². The molecule has 1 fully saturated rings. The van der Waals surface area contributed by atoms with Gasteiger partial charge in [0.2, 0.25) is 11.8 Å². The van der Waals surface area contributed by atoms with Crippen LogP contribution in [-0.4, -0.2) is 25.5 Å². The van der Waals surface area contributed by atoms with E-state index in [1.165, 1.54) is 0 Å². The van der Waals surface area contributed by atoms with Crippen molar-refractivity contribution < 1.29 is 19.1 Å². The van der Waals surface area contributed by atoms with E-state index >= 15 is 0 Å². The number of nitriles is 1. The first-order valence-corrected chi connectivity index (χ1v) is 11.0. The molecule has 7 nitrogen and oxygen atoms in total. The van der Waals surface area contributed by atoms with Crippen LogP contribution < -0.4 is 19.7 Å².